The fourth-order valence-corrected chi connectivity index (χ4v) is 4.62. The number of aryl methyl sites for hydroxylation is 1. The lowest BCUT2D eigenvalue weighted by Crippen LogP contribution is -2.09. The quantitative estimate of drug-likeness (QED) is 0.538. The molecule has 0 fully saturated rings. The van der Waals surface area contributed by atoms with Gasteiger partial charge < -0.3 is 0 Å². The van der Waals surface area contributed by atoms with Gasteiger partial charge in [-0.15, -0.1) is 21.5 Å². The molecule has 5 nitrogen and oxygen atoms in total. The topological polar surface area (TPSA) is 56.0 Å². The molecule has 4 aromatic rings. The summed E-state index contributed by atoms with van der Waals surface area (Å²) >= 11 is 1.82. The molecule has 1 aliphatic rings. The first kappa shape index (κ1) is 13.1. The molecular formula is C17H15N5S. The lowest BCUT2D eigenvalue weighted by molar-refractivity contribution is 0.508. The first-order valence-electron chi connectivity index (χ1n) is 7.85. The summed E-state index contributed by atoms with van der Waals surface area (Å²) in [5, 5.41) is 10.1. The maximum atomic E-state index is 4.68. The molecule has 0 unspecified atom stereocenters. The first-order chi connectivity index (χ1) is 11.3. The summed E-state index contributed by atoms with van der Waals surface area (Å²) in [5.41, 5.74) is 3.37. The van der Waals surface area contributed by atoms with Crippen molar-refractivity contribution in [3.63, 3.8) is 0 Å². The predicted octanol–water partition coefficient (Wildman–Crippen LogP) is 3.53. The summed E-state index contributed by atoms with van der Waals surface area (Å²) in [6.45, 7) is 2.33. The Morgan fingerprint density at radius 3 is 2.96 bits per heavy atom. The molecule has 0 N–H and O–H groups in total. The number of thiophene rings is 1. The minimum absolute atomic E-state index is 0.725. The highest BCUT2D eigenvalue weighted by Crippen LogP contribution is 2.39. The van der Waals surface area contributed by atoms with E-state index in [1.54, 1.807) is 12.4 Å². The molecule has 0 bridgehead atoms. The molecule has 23 heavy (non-hydrogen) atoms. The van der Waals surface area contributed by atoms with Crippen LogP contribution in [-0.2, 0) is 12.8 Å². The zero-order valence-corrected chi connectivity index (χ0v) is 13.5. The van der Waals surface area contributed by atoms with Crippen LogP contribution in [0, 0.1) is 5.92 Å². The van der Waals surface area contributed by atoms with Gasteiger partial charge in [0.25, 0.3) is 0 Å². The standard InChI is InChI=1S/C17H15N5S/c1-10-2-3-13-12(8-10)14-16-21-20-15(11-4-6-18-7-5-11)22(16)9-19-17(14)23-13/h4-7,9-10H,2-3,8H2,1H3/t10-/m1/s1. The highest BCUT2D eigenvalue weighted by Gasteiger charge is 2.24. The van der Waals surface area contributed by atoms with Crippen LogP contribution in [0.5, 0.6) is 0 Å². The lowest BCUT2D eigenvalue weighted by atomic mass is 9.89. The van der Waals surface area contributed by atoms with Gasteiger partial charge in [0, 0.05) is 22.8 Å². The Balaban J connectivity index is 1.81. The van der Waals surface area contributed by atoms with Crippen molar-refractivity contribution >= 4 is 27.2 Å². The van der Waals surface area contributed by atoms with Gasteiger partial charge in [-0.3, -0.25) is 9.38 Å². The molecule has 4 heterocycles. The van der Waals surface area contributed by atoms with Gasteiger partial charge in [0.2, 0.25) is 0 Å². The Hall–Kier alpha value is -2.34. The summed E-state index contributed by atoms with van der Waals surface area (Å²) in [4.78, 5) is 11.3. The average Bonchev–Trinajstić information content (AvgIpc) is 3.16. The summed E-state index contributed by atoms with van der Waals surface area (Å²) in [5.74, 6) is 1.55. The van der Waals surface area contributed by atoms with Crippen LogP contribution in [0.3, 0.4) is 0 Å². The molecule has 0 saturated heterocycles. The highest BCUT2D eigenvalue weighted by molar-refractivity contribution is 7.19. The van der Waals surface area contributed by atoms with Crippen molar-refractivity contribution in [3.8, 4) is 11.4 Å². The van der Waals surface area contributed by atoms with Crippen molar-refractivity contribution < 1.29 is 0 Å². The molecule has 0 aromatic carbocycles. The van der Waals surface area contributed by atoms with Gasteiger partial charge in [0.15, 0.2) is 11.5 Å². The van der Waals surface area contributed by atoms with Gasteiger partial charge in [0.1, 0.15) is 11.2 Å². The monoisotopic (exact) mass is 321 g/mol. The number of hydrogen-bond acceptors (Lipinski definition) is 5. The minimum Gasteiger partial charge on any atom is -0.265 e. The van der Waals surface area contributed by atoms with E-state index in [1.165, 1.54) is 22.2 Å². The Labute approximate surface area is 137 Å². The lowest BCUT2D eigenvalue weighted by Gasteiger charge is -2.17. The molecule has 1 aliphatic carbocycles. The predicted molar refractivity (Wildman–Crippen MR) is 90.6 cm³/mol. The third kappa shape index (κ3) is 1.91. The Kier molecular flexibility index (Phi) is 2.76. The molecule has 0 spiro atoms. The van der Waals surface area contributed by atoms with Crippen molar-refractivity contribution in [2.24, 2.45) is 5.92 Å². The van der Waals surface area contributed by atoms with Gasteiger partial charge >= 0.3 is 0 Å². The Morgan fingerprint density at radius 2 is 2.09 bits per heavy atom. The van der Waals surface area contributed by atoms with Gasteiger partial charge in [-0.2, -0.15) is 0 Å². The van der Waals surface area contributed by atoms with Crippen LogP contribution >= 0.6 is 11.3 Å². The zero-order chi connectivity index (χ0) is 15.4. The van der Waals surface area contributed by atoms with Crippen LogP contribution in [0.2, 0.25) is 0 Å². The second-order valence-corrected chi connectivity index (χ2v) is 7.31. The zero-order valence-electron chi connectivity index (χ0n) is 12.7. The Morgan fingerprint density at radius 1 is 1.22 bits per heavy atom. The van der Waals surface area contributed by atoms with E-state index in [1.807, 2.05) is 34.2 Å². The van der Waals surface area contributed by atoms with Crippen LogP contribution in [0.1, 0.15) is 23.8 Å². The molecule has 1 atom stereocenters. The van der Waals surface area contributed by atoms with E-state index < -0.39 is 0 Å². The number of aromatic nitrogens is 5. The fourth-order valence-electron chi connectivity index (χ4n) is 3.44. The molecule has 5 rings (SSSR count). The largest absolute Gasteiger partial charge is 0.265 e. The van der Waals surface area contributed by atoms with Crippen LogP contribution in [0.25, 0.3) is 27.3 Å². The maximum absolute atomic E-state index is 4.68. The minimum atomic E-state index is 0.725. The van der Waals surface area contributed by atoms with Crippen molar-refractivity contribution in [2.45, 2.75) is 26.2 Å². The summed E-state index contributed by atoms with van der Waals surface area (Å²) in [7, 11) is 0. The van der Waals surface area contributed by atoms with Crippen molar-refractivity contribution in [1.29, 1.82) is 0 Å². The smallest absolute Gasteiger partial charge is 0.172 e. The van der Waals surface area contributed by atoms with E-state index in [4.69, 9.17) is 0 Å². The van der Waals surface area contributed by atoms with E-state index in [9.17, 15) is 0 Å². The van der Waals surface area contributed by atoms with Gasteiger partial charge in [-0.1, -0.05) is 6.92 Å². The van der Waals surface area contributed by atoms with Gasteiger partial charge in [-0.25, -0.2) is 4.98 Å². The third-order valence-electron chi connectivity index (χ3n) is 4.64. The second-order valence-electron chi connectivity index (χ2n) is 6.23. The summed E-state index contributed by atoms with van der Waals surface area (Å²) in [6, 6.07) is 3.90. The molecule has 6 heteroatoms. The molecular weight excluding hydrogens is 306 g/mol. The van der Waals surface area contributed by atoms with Crippen molar-refractivity contribution in [3.05, 3.63) is 41.3 Å². The highest BCUT2D eigenvalue weighted by atomic mass is 32.1. The molecule has 0 saturated carbocycles. The summed E-state index contributed by atoms with van der Waals surface area (Å²) in [6.07, 6.45) is 8.94. The molecule has 0 aliphatic heterocycles. The number of fused-ring (bicyclic) bond motifs is 5. The second kappa shape index (κ2) is 4.83. The number of pyridine rings is 1. The molecule has 114 valence electrons. The summed E-state index contributed by atoms with van der Waals surface area (Å²) < 4.78 is 2.00. The Bertz CT molecular complexity index is 1020. The van der Waals surface area contributed by atoms with E-state index in [-0.39, 0.29) is 0 Å². The molecule has 4 aromatic heterocycles. The van der Waals surface area contributed by atoms with E-state index >= 15 is 0 Å². The normalized spacial score (nSPS) is 17.7. The molecule has 0 radical (unpaired) electrons. The van der Waals surface area contributed by atoms with Gasteiger partial charge in [-0.05, 0) is 42.9 Å². The van der Waals surface area contributed by atoms with Gasteiger partial charge in [0.05, 0.1) is 5.39 Å². The maximum Gasteiger partial charge on any atom is 0.172 e. The number of rotatable bonds is 1. The van der Waals surface area contributed by atoms with E-state index in [2.05, 4.69) is 27.1 Å². The average molecular weight is 321 g/mol. The fraction of sp³-hybridized carbons (Fsp3) is 0.294. The van der Waals surface area contributed by atoms with Crippen LogP contribution in [0.15, 0.2) is 30.9 Å². The SMILES string of the molecule is C[C@@H]1CCc2sc3ncn4c(-c5ccncc5)nnc4c3c2C1. The molecule has 0 amide bonds. The van der Waals surface area contributed by atoms with Crippen molar-refractivity contribution in [2.75, 3.05) is 0 Å². The van der Waals surface area contributed by atoms with Crippen LogP contribution < -0.4 is 0 Å². The third-order valence-corrected chi connectivity index (χ3v) is 5.84. The first-order valence-corrected chi connectivity index (χ1v) is 8.67. The number of hydrogen-bond donors (Lipinski definition) is 0. The van der Waals surface area contributed by atoms with Crippen molar-refractivity contribution in [1.82, 2.24) is 24.6 Å². The van der Waals surface area contributed by atoms with E-state index in [0.717, 1.165) is 40.6 Å². The van der Waals surface area contributed by atoms with Crippen LogP contribution in [0.4, 0.5) is 0 Å². The van der Waals surface area contributed by atoms with Crippen LogP contribution in [-0.4, -0.2) is 24.6 Å². The van der Waals surface area contributed by atoms with E-state index in [0.29, 0.717) is 0 Å². The number of nitrogens with zero attached hydrogens (tertiary/aromatic N) is 5.